The highest BCUT2D eigenvalue weighted by Crippen LogP contribution is 2.38. The molecule has 2 heterocycles. The van der Waals surface area contributed by atoms with Gasteiger partial charge in [0.05, 0.1) is 10.6 Å². The Kier molecular flexibility index (Phi) is 5.44. The molecule has 1 aliphatic heterocycles. The number of aromatic nitrogens is 3. The van der Waals surface area contributed by atoms with Crippen molar-refractivity contribution < 1.29 is 13.2 Å². The lowest BCUT2D eigenvalue weighted by Crippen LogP contribution is -2.50. The van der Waals surface area contributed by atoms with Gasteiger partial charge in [0, 0.05) is 32.2 Å². The minimum Gasteiger partial charge on any atom is -0.339 e. The van der Waals surface area contributed by atoms with Crippen LogP contribution in [0, 0.1) is 6.92 Å². The lowest BCUT2D eigenvalue weighted by Gasteiger charge is -2.34. The molecule has 10 heteroatoms. The number of aryl methyl sites for hydroxylation is 1. The van der Waals surface area contributed by atoms with Gasteiger partial charge in [0.15, 0.2) is 5.16 Å². The molecule has 2 aliphatic rings. The predicted molar refractivity (Wildman–Crippen MR) is 106 cm³/mol. The summed E-state index contributed by atoms with van der Waals surface area (Å²) in [6.45, 7) is 3.36. The maximum absolute atomic E-state index is 12.7. The predicted octanol–water partition coefficient (Wildman–Crippen LogP) is 1.55. The Balaban J connectivity index is 1.32. The number of benzene rings is 1. The van der Waals surface area contributed by atoms with Gasteiger partial charge in [-0.05, 0) is 31.9 Å². The molecule has 28 heavy (non-hydrogen) atoms. The molecule has 1 aromatic heterocycles. The van der Waals surface area contributed by atoms with Crippen LogP contribution in [0.25, 0.3) is 0 Å². The first-order valence-corrected chi connectivity index (χ1v) is 11.8. The van der Waals surface area contributed by atoms with Crippen molar-refractivity contribution in [2.24, 2.45) is 0 Å². The lowest BCUT2D eigenvalue weighted by molar-refractivity contribution is -0.129. The highest BCUT2D eigenvalue weighted by molar-refractivity contribution is 7.99. The molecular formula is C18H23N5O3S2. The molecule has 1 amide bonds. The van der Waals surface area contributed by atoms with E-state index in [0.29, 0.717) is 37.1 Å². The molecule has 0 bridgehead atoms. The van der Waals surface area contributed by atoms with E-state index in [1.54, 1.807) is 35.2 Å². The fourth-order valence-corrected chi connectivity index (χ4v) is 5.74. The van der Waals surface area contributed by atoms with Crippen LogP contribution in [-0.4, -0.2) is 70.2 Å². The van der Waals surface area contributed by atoms with E-state index in [9.17, 15) is 13.2 Å². The van der Waals surface area contributed by atoms with Gasteiger partial charge in [0.1, 0.15) is 5.82 Å². The number of amides is 1. The Hall–Kier alpha value is -1.91. The third-order valence-corrected chi connectivity index (χ3v) is 7.88. The van der Waals surface area contributed by atoms with Crippen LogP contribution in [0.1, 0.15) is 24.7 Å². The number of carbonyl (C=O) groups excluding carboxylic acids is 1. The van der Waals surface area contributed by atoms with Gasteiger partial charge in [0.25, 0.3) is 0 Å². The summed E-state index contributed by atoms with van der Waals surface area (Å²) < 4.78 is 28.9. The van der Waals surface area contributed by atoms with E-state index in [-0.39, 0.29) is 11.7 Å². The number of hydrogen-bond donors (Lipinski definition) is 0. The van der Waals surface area contributed by atoms with E-state index >= 15 is 0 Å². The number of rotatable bonds is 6. The first-order valence-electron chi connectivity index (χ1n) is 9.34. The molecule has 0 unspecified atom stereocenters. The quantitative estimate of drug-likeness (QED) is 0.658. The second kappa shape index (κ2) is 7.84. The molecule has 2 fully saturated rings. The molecule has 2 aromatic rings. The molecule has 0 atom stereocenters. The van der Waals surface area contributed by atoms with E-state index in [0.717, 1.165) is 23.8 Å². The first kappa shape index (κ1) is 19.4. The molecule has 150 valence electrons. The molecule has 1 saturated carbocycles. The Labute approximate surface area is 169 Å². The monoisotopic (exact) mass is 421 g/mol. The van der Waals surface area contributed by atoms with Gasteiger partial charge in [-0.15, -0.1) is 10.2 Å². The summed E-state index contributed by atoms with van der Waals surface area (Å²) in [6.07, 6.45) is 2.27. The average Bonchev–Trinajstić information content (AvgIpc) is 3.49. The van der Waals surface area contributed by atoms with Crippen LogP contribution in [0.2, 0.25) is 0 Å². The van der Waals surface area contributed by atoms with Crippen molar-refractivity contribution in [3.8, 4) is 0 Å². The van der Waals surface area contributed by atoms with Crippen molar-refractivity contribution >= 4 is 27.7 Å². The van der Waals surface area contributed by atoms with Crippen LogP contribution in [0.5, 0.6) is 0 Å². The van der Waals surface area contributed by atoms with Gasteiger partial charge < -0.3 is 9.47 Å². The molecule has 8 nitrogen and oxygen atoms in total. The smallest absolute Gasteiger partial charge is 0.243 e. The van der Waals surface area contributed by atoms with E-state index in [1.807, 2.05) is 6.92 Å². The SMILES string of the molecule is Cc1nnc(SCC(=O)N2CCN(S(=O)(=O)c3ccccc3)CC2)n1C1CC1. The molecule has 0 radical (unpaired) electrons. The van der Waals surface area contributed by atoms with Crippen LogP contribution in [-0.2, 0) is 14.8 Å². The zero-order valence-corrected chi connectivity index (χ0v) is 17.3. The lowest BCUT2D eigenvalue weighted by atomic mass is 10.3. The van der Waals surface area contributed by atoms with Gasteiger partial charge in [0.2, 0.25) is 15.9 Å². The van der Waals surface area contributed by atoms with Crippen molar-refractivity contribution in [2.75, 3.05) is 31.9 Å². The van der Waals surface area contributed by atoms with Crippen LogP contribution in [0.4, 0.5) is 0 Å². The third-order valence-electron chi connectivity index (χ3n) is 5.04. The highest BCUT2D eigenvalue weighted by Gasteiger charge is 2.31. The Bertz CT molecular complexity index is 949. The Morgan fingerprint density at radius 1 is 1.11 bits per heavy atom. The summed E-state index contributed by atoms with van der Waals surface area (Å²) in [5.74, 6) is 1.18. The topological polar surface area (TPSA) is 88.4 Å². The molecular weight excluding hydrogens is 398 g/mol. The number of thioether (sulfide) groups is 1. The van der Waals surface area contributed by atoms with E-state index in [2.05, 4.69) is 14.8 Å². The van der Waals surface area contributed by atoms with E-state index < -0.39 is 10.0 Å². The summed E-state index contributed by atoms with van der Waals surface area (Å²) in [6, 6.07) is 8.89. The molecule has 1 aromatic carbocycles. The molecule has 1 saturated heterocycles. The average molecular weight is 422 g/mol. The normalized spacial score (nSPS) is 18.4. The summed E-state index contributed by atoms with van der Waals surface area (Å²) in [5, 5.41) is 9.11. The second-order valence-electron chi connectivity index (χ2n) is 7.02. The van der Waals surface area contributed by atoms with Crippen LogP contribution >= 0.6 is 11.8 Å². The van der Waals surface area contributed by atoms with Gasteiger partial charge in [-0.2, -0.15) is 4.31 Å². The fraction of sp³-hybridized carbons (Fsp3) is 0.500. The fourth-order valence-electron chi connectivity index (χ4n) is 3.34. The minimum atomic E-state index is -3.50. The van der Waals surface area contributed by atoms with Crippen molar-refractivity contribution in [3.63, 3.8) is 0 Å². The summed E-state index contributed by atoms with van der Waals surface area (Å²) >= 11 is 1.41. The van der Waals surface area contributed by atoms with Crippen molar-refractivity contribution in [3.05, 3.63) is 36.2 Å². The van der Waals surface area contributed by atoms with Crippen LogP contribution < -0.4 is 0 Å². The third kappa shape index (κ3) is 3.94. The summed E-state index contributed by atoms with van der Waals surface area (Å²) in [4.78, 5) is 14.6. The number of sulfonamides is 1. The van der Waals surface area contributed by atoms with Gasteiger partial charge >= 0.3 is 0 Å². The van der Waals surface area contributed by atoms with Gasteiger partial charge in [-0.25, -0.2) is 8.42 Å². The zero-order chi connectivity index (χ0) is 19.7. The van der Waals surface area contributed by atoms with Crippen LogP contribution in [0.15, 0.2) is 40.4 Å². The molecule has 1 aliphatic carbocycles. The maximum Gasteiger partial charge on any atom is 0.243 e. The minimum absolute atomic E-state index is 0.00441. The first-order chi connectivity index (χ1) is 13.5. The van der Waals surface area contributed by atoms with Gasteiger partial charge in [-0.1, -0.05) is 30.0 Å². The highest BCUT2D eigenvalue weighted by atomic mass is 32.2. The number of nitrogens with zero attached hydrogens (tertiary/aromatic N) is 5. The largest absolute Gasteiger partial charge is 0.339 e. The molecule has 0 N–H and O–H groups in total. The Morgan fingerprint density at radius 2 is 1.79 bits per heavy atom. The van der Waals surface area contributed by atoms with Crippen molar-refractivity contribution in [1.29, 1.82) is 0 Å². The summed E-state index contributed by atoms with van der Waals surface area (Å²) in [7, 11) is -3.50. The zero-order valence-electron chi connectivity index (χ0n) is 15.7. The Morgan fingerprint density at radius 3 is 2.43 bits per heavy atom. The number of carbonyl (C=O) groups is 1. The molecule has 0 spiro atoms. The summed E-state index contributed by atoms with van der Waals surface area (Å²) in [5.41, 5.74) is 0. The van der Waals surface area contributed by atoms with E-state index in [4.69, 9.17) is 0 Å². The van der Waals surface area contributed by atoms with E-state index in [1.165, 1.54) is 16.1 Å². The second-order valence-corrected chi connectivity index (χ2v) is 9.90. The van der Waals surface area contributed by atoms with Crippen molar-refractivity contribution in [2.45, 2.75) is 35.9 Å². The van der Waals surface area contributed by atoms with Crippen LogP contribution in [0.3, 0.4) is 0 Å². The van der Waals surface area contributed by atoms with Crippen molar-refractivity contribution in [1.82, 2.24) is 24.0 Å². The van der Waals surface area contributed by atoms with Gasteiger partial charge in [-0.3, -0.25) is 4.79 Å². The number of hydrogen-bond acceptors (Lipinski definition) is 6. The standard InChI is InChI=1S/C18H23N5O3S2/c1-14-19-20-18(23(14)15-7-8-15)27-13-17(24)21-9-11-22(12-10-21)28(25,26)16-5-3-2-4-6-16/h2-6,15H,7-13H2,1H3. The molecule has 4 rings (SSSR count). The maximum atomic E-state index is 12.7. The number of piperazine rings is 1.